The summed E-state index contributed by atoms with van der Waals surface area (Å²) in [4.78, 5) is 13.8. The number of carbonyl (C=O) groups is 1. The highest BCUT2D eigenvalue weighted by atomic mass is 16.5. The Labute approximate surface area is 84.4 Å². The molecule has 80 valence electrons. The topological polar surface area (TPSA) is 55.6 Å². The van der Waals surface area contributed by atoms with Crippen LogP contribution in [0.4, 0.5) is 0 Å². The van der Waals surface area contributed by atoms with E-state index in [0.717, 1.165) is 32.5 Å². The predicted octanol–water partition coefficient (Wildman–Crippen LogP) is -0.0274. The highest BCUT2D eigenvalue weighted by Gasteiger charge is 2.43. The first-order valence-corrected chi connectivity index (χ1v) is 5.29. The minimum Gasteiger partial charge on any atom is -0.365 e. The molecule has 1 unspecified atom stereocenters. The van der Waals surface area contributed by atoms with Crippen molar-refractivity contribution < 1.29 is 9.53 Å². The highest BCUT2D eigenvalue weighted by Crippen LogP contribution is 2.29. The molecule has 2 heterocycles. The summed E-state index contributed by atoms with van der Waals surface area (Å²) in [6.45, 7) is 4.93. The van der Waals surface area contributed by atoms with Gasteiger partial charge in [0, 0.05) is 25.6 Å². The maximum absolute atomic E-state index is 12.0. The molecule has 1 atom stereocenters. The van der Waals surface area contributed by atoms with Crippen LogP contribution in [0.1, 0.15) is 19.8 Å². The summed E-state index contributed by atoms with van der Waals surface area (Å²) < 4.78 is 5.51. The molecule has 0 spiro atoms. The number of amides is 1. The van der Waals surface area contributed by atoms with Gasteiger partial charge >= 0.3 is 0 Å². The van der Waals surface area contributed by atoms with E-state index >= 15 is 0 Å². The molecule has 1 amide bonds. The Morgan fingerprint density at radius 1 is 1.64 bits per heavy atom. The van der Waals surface area contributed by atoms with Gasteiger partial charge in [-0.15, -0.1) is 0 Å². The fourth-order valence-electron chi connectivity index (χ4n) is 2.17. The number of likely N-dealkylation sites (tertiary alicyclic amines) is 1. The van der Waals surface area contributed by atoms with E-state index in [-0.39, 0.29) is 5.91 Å². The Hall–Kier alpha value is -0.610. The van der Waals surface area contributed by atoms with Gasteiger partial charge in [-0.3, -0.25) is 4.79 Å². The van der Waals surface area contributed by atoms with Gasteiger partial charge in [-0.1, -0.05) is 0 Å². The summed E-state index contributed by atoms with van der Waals surface area (Å²) in [6.07, 6.45) is 1.85. The van der Waals surface area contributed by atoms with Gasteiger partial charge in [-0.05, 0) is 26.3 Å². The second-order valence-electron chi connectivity index (χ2n) is 4.49. The van der Waals surface area contributed by atoms with Crippen LogP contribution in [0.3, 0.4) is 0 Å². The van der Waals surface area contributed by atoms with Crippen molar-refractivity contribution in [2.45, 2.75) is 25.4 Å². The highest BCUT2D eigenvalue weighted by molar-refractivity contribution is 5.85. The van der Waals surface area contributed by atoms with Gasteiger partial charge in [0.05, 0.1) is 0 Å². The molecule has 2 aliphatic rings. The number of carbonyl (C=O) groups excluding carboxylic acids is 1. The lowest BCUT2D eigenvalue weighted by molar-refractivity contribution is -0.157. The average molecular weight is 198 g/mol. The largest absolute Gasteiger partial charge is 0.365 e. The van der Waals surface area contributed by atoms with Crippen LogP contribution in [0.15, 0.2) is 0 Å². The Balaban J connectivity index is 1.90. The first-order valence-electron chi connectivity index (χ1n) is 5.29. The molecule has 0 aromatic rings. The van der Waals surface area contributed by atoms with E-state index in [9.17, 15) is 4.79 Å². The van der Waals surface area contributed by atoms with Gasteiger partial charge < -0.3 is 15.4 Å². The van der Waals surface area contributed by atoms with E-state index in [1.165, 1.54) is 0 Å². The zero-order valence-corrected chi connectivity index (χ0v) is 8.66. The maximum atomic E-state index is 12.0. The summed E-state index contributed by atoms with van der Waals surface area (Å²) >= 11 is 0. The van der Waals surface area contributed by atoms with E-state index in [1.54, 1.807) is 0 Å². The van der Waals surface area contributed by atoms with Crippen LogP contribution in [-0.4, -0.2) is 42.6 Å². The van der Waals surface area contributed by atoms with Crippen molar-refractivity contribution in [3.63, 3.8) is 0 Å². The number of hydrogen-bond acceptors (Lipinski definition) is 3. The Morgan fingerprint density at radius 2 is 2.36 bits per heavy atom. The first kappa shape index (κ1) is 9.93. The van der Waals surface area contributed by atoms with Gasteiger partial charge in [0.1, 0.15) is 5.60 Å². The summed E-state index contributed by atoms with van der Waals surface area (Å²) in [7, 11) is 0. The van der Waals surface area contributed by atoms with E-state index in [0.29, 0.717) is 12.5 Å². The standard InChI is InChI=1S/C10H18N2O2/c1-10(3-2-4-14-10)9(13)12-6-8(5-11)7-12/h8H,2-7,11H2,1H3. The summed E-state index contributed by atoms with van der Waals surface area (Å²) in [5.74, 6) is 0.656. The predicted molar refractivity (Wildman–Crippen MR) is 52.7 cm³/mol. The van der Waals surface area contributed by atoms with Crippen molar-refractivity contribution in [2.75, 3.05) is 26.2 Å². The molecule has 0 radical (unpaired) electrons. The zero-order chi connectivity index (χ0) is 10.2. The van der Waals surface area contributed by atoms with Crippen LogP contribution in [0.2, 0.25) is 0 Å². The van der Waals surface area contributed by atoms with Gasteiger partial charge in [-0.25, -0.2) is 0 Å². The van der Waals surface area contributed by atoms with Crippen molar-refractivity contribution in [3.05, 3.63) is 0 Å². The lowest BCUT2D eigenvalue weighted by Gasteiger charge is -2.42. The lowest BCUT2D eigenvalue weighted by atomic mass is 9.94. The third-order valence-corrected chi connectivity index (χ3v) is 3.25. The third-order valence-electron chi connectivity index (χ3n) is 3.25. The zero-order valence-electron chi connectivity index (χ0n) is 8.66. The number of hydrogen-bond donors (Lipinski definition) is 1. The normalized spacial score (nSPS) is 33.1. The van der Waals surface area contributed by atoms with E-state index < -0.39 is 5.60 Å². The summed E-state index contributed by atoms with van der Waals surface area (Å²) in [5.41, 5.74) is 4.97. The minimum atomic E-state index is -0.542. The van der Waals surface area contributed by atoms with E-state index in [4.69, 9.17) is 10.5 Å². The maximum Gasteiger partial charge on any atom is 0.254 e. The van der Waals surface area contributed by atoms with Crippen LogP contribution in [0.5, 0.6) is 0 Å². The van der Waals surface area contributed by atoms with Gasteiger partial charge in [-0.2, -0.15) is 0 Å². The van der Waals surface area contributed by atoms with Crippen molar-refractivity contribution >= 4 is 5.91 Å². The molecule has 0 saturated carbocycles. The smallest absolute Gasteiger partial charge is 0.254 e. The Bertz CT molecular complexity index is 230. The molecule has 0 bridgehead atoms. The summed E-state index contributed by atoms with van der Waals surface area (Å²) in [5, 5.41) is 0. The SMILES string of the molecule is CC1(C(=O)N2CC(CN)C2)CCCO1. The molecule has 4 nitrogen and oxygen atoms in total. The van der Waals surface area contributed by atoms with E-state index in [2.05, 4.69) is 0 Å². The molecular formula is C10H18N2O2. The fraction of sp³-hybridized carbons (Fsp3) is 0.900. The molecule has 2 N–H and O–H groups in total. The molecule has 2 rings (SSSR count). The number of rotatable bonds is 2. The van der Waals surface area contributed by atoms with Gasteiger partial charge in [0.25, 0.3) is 5.91 Å². The second kappa shape index (κ2) is 3.51. The van der Waals surface area contributed by atoms with Crippen molar-refractivity contribution in [2.24, 2.45) is 11.7 Å². The molecule has 2 saturated heterocycles. The van der Waals surface area contributed by atoms with Crippen LogP contribution < -0.4 is 5.73 Å². The first-order chi connectivity index (χ1) is 6.65. The van der Waals surface area contributed by atoms with Gasteiger partial charge in [0.15, 0.2) is 0 Å². The molecule has 0 aromatic heterocycles. The molecule has 14 heavy (non-hydrogen) atoms. The monoisotopic (exact) mass is 198 g/mol. The molecule has 4 heteroatoms. The van der Waals surface area contributed by atoms with Crippen LogP contribution in [0, 0.1) is 5.92 Å². The van der Waals surface area contributed by atoms with Crippen LogP contribution in [-0.2, 0) is 9.53 Å². The second-order valence-corrected chi connectivity index (χ2v) is 4.49. The number of ether oxygens (including phenoxy) is 1. The number of nitrogens with zero attached hydrogens (tertiary/aromatic N) is 1. The third kappa shape index (κ3) is 1.53. The van der Waals surface area contributed by atoms with Crippen LogP contribution in [0.25, 0.3) is 0 Å². The van der Waals surface area contributed by atoms with E-state index in [1.807, 2.05) is 11.8 Å². The fourth-order valence-corrected chi connectivity index (χ4v) is 2.17. The molecule has 2 fully saturated rings. The Morgan fingerprint density at radius 3 is 2.86 bits per heavy atom. The lowest BCUT2D eigenvalue weighted by Crippen LogP contribution is -2.58. The summed E-state index contributed by atoms with van der Waals surface area (Å²) in [6, 6.07) is 0. The molecule has 0 aromatic carbocycles. The van der Waals surface area contributed by atoms with Crippen molar-refractivity contribution in [1.82, 2.24) is 4.90 Å². The quantitative estimate of drug-likeness (QED) is 0.678. The molecule has 2 aliphatic heterocycles. The average Bonchev–Trinajstić information content (AvgIpc) is 2.51. The minimum absolute atomic E-state index is 0.153. The number of nitrogens with two attached hydrogens (primary N) is 1. The Kier molecular flexibility index (Phi) is 2.49. The van der Waals surface area contributed by atoms with Crippen molar-refractivity contribution in [3.8, 4) is 0 Å². The van der Waals surface area contributed by atoms with Crippen LogP contribution >= 0.6 is 0 Å². The van der Waals surface area contributed by atoms with Crippen molar-refractivity contribution in [1.29, 1.82) is 0 Å². The molecule has 0 aliphatic carbocycles. The molecular weight excluding hydrogens is 180 g/mol. The van der Waals surface area contributed by atoms with Gasteiger partial charge in [0.2, 0.25) is 0 Å².